The van der Waals surface area contributed by atoms with Crippen molar-refractivity contribution in [1.29, 1.82) is 0 Å². The van der Waals surface area contributed by atoms with E-state index in [4.69, 9.17) is 4.74 Å². The Balaban J connectivity index is 2.52. The molecule has 0 saturated carbocycles. The summed E-state index contributed by atoms with van der Waals surface area (Å²) < 4.78 is 20.1. The Kier molecular flexibility index (Phi) is 8.62. The molecule has 0 aliphatic carbocycles. The van der Waals surface area contributed by atoms with Gasteiger partial charge in [-0.05, 0) is 30.0 Å². The molecule has 3 heteroatoms. The van der Waals surface area contributed by atoms with Gasteiger partial charge in [-0.1, -0.05) is 67.8 Å². The highest BCUT2D eigenvalue weighted by atomic mass is 127. The summed E-state index contributed by atoms with van der Waals surface area (Å²) >= 11 is 2.30. The van der Waals surface area contributed by atoms with E-state index in [2.05, 4.69) is 36.4 Å². The summed E-state index contributed by atoms with van der Waals surface area (Å²) in [5, 5.41) is 0. The van der Waals surface area contributed by atoms with E-state index in [1.165, 1.54) is 25.3 Å². The zero-order valence-electron chi connectivity index (χ0n) is 11.9. The zero-order valence-corrected chi connectivity index (χ0v) is 14.0. The fraction of sp³-hybridized carbons (Fsp3) is 0.625. The number of alkyl halides is 1. The Hall–Kier alpha value is -0.160. The molecule has 1 aromatic rings. The van der Waals surface area contributed by atoms with E-state index in [1.54, 1.807) is 12.1 Å². The van der Waals surface area contributed by atoms with E-state index in [1.807, 2.05) is 6.07 Å². The third-order valence-electron chi connectivity index (χ3n) is 3.44. The Bertz CT molecular complexity index is 356. The Labute approximate surface area is 130 Å². The number of benzene rings is 1. The summed E-state index contributed by atoms with van der Waals surface area (Å²) in [7, 11) is 0. The highest BCUT2D eigenvalue weighted by molar-refractivity contribution is 14.1. The lowest BCUT2D eigenvalue weighted by atomic mass is 10.0. The van der Waals surface area contributed by atoms with Crippen LogP contribution < -0.4 is 0 Å². The SMILES string of the molecule is CCCCC(CC)COC(CI)c1cccc(F)c1. The van der Waals surface area contributed by atoms with Crippen LogP contribution in [0.15, 0.2) is 24.3 Å². The number of unbranched alkanes of at least 4 members (excludes halogenated alkanes) is 1. The third kappa shape index (κ3) is 6.21. The second kappa shape index (κ2) is 9.70. The molecule has 2 atom stereocenters. The third-order valence-corrected chi connectivity index (χ3v) is 4.24. The van der Waals surface area contributed by atoms with Crippen LogP contribution in [0.3, 0.4) is 0 Å². The van der Waals surface area contributed by atoms with Gasteiger partial charge in [0.25, 0.3) is 0 Å². The van der Waals surface area contributed by atoms with Gasteiger partial charge in [0.05, 0.1) is 12.7 Å². The lowest BCUT2D eigenvalue weighted by Crippen LogP contribution is -2.14. The minimum atomic E-state index is -0.186. The first-order valence-electron chi connectivity index (χ1n) is 7.14. The molecule has 0 radical (unpaired) electrons. The van der Waals surface area contributed by atoms with Crippen molar-refractivity contribution in [3.8, 4) is 0 Å². The molecule has 2 unspecified atom stereocenters. The summed E-state index contributed by atoms with van der Waals surface area (Å²) in [6, 6.07) is 6.75. The maximum absolute atomic E-state index is 13.2. The molecule has 108 valence electrons. The number of hydrogen-bond acceptors (Lipinski definition) is 1. The monoisotopic (exact) mass is 378 g/mol. The van der Waals surface area contributed by atoms with Gasteiger partial charge in [0.1, 0.15) is 5.82 Å². The molecule has 0 amide bonds. The van der Waals surface area contributed by atoms with Crippen molar-refractivity contribution in [3.05, 3.63) is 35.6 Å². The molecular formula is C16H24FIO. The van der Waals surface area contributed by atoms with Crippen molar-refractivity contribution in [2.24, 2.45) is 5.92 Å². The van der Waals surface area contributed by atoms with Crippen LogP contribution in [0, 0.1) is 11.7 Å². The molecular weight excluding hydrogens is 354 g/mol. The minimum absolute atomic E-state index is 0.00646. The maximum Gasteiger partial charge on any atom is 0.123 e. The fourth-order valence-electron chi connectivity index (χ4n) is 2.09. The number of halogens is 2. The summed E-state index contributed by atoms with van der Waals surface area (Å²) in [5.41, 5.74) is 0.944. The first-order valence-corrected chi connectivity index (χ1v) is 8.66. The van der Waals surface area contributed by atoms with Crippen LogP contribution in [0.4, 0.5) is 4.39 Å². The molecule has 0 N–H and O–H groups in total. The molecule has 0 saturated heterocycles. The molecule has 19 heavy (non-hydrogen) atoms. The van der Waals surface area contributed by atoms with Crippen LogP contribution in [0.1, 0.15) is 51.2 Å². The summed E-state index contributed by atoms with van der Waals surface area (Å²) in [4.78, 5) is 0. The van der Waals surface area contributed by atoms with Crippen molar-refractivity contribution in [2.75, 3.05) is 11.0 Å². The van der Waals surface area contributed by atoms with Crippen LogP contribution in [0.2, 0.25) is 0 Å². The molecule has 1 aromatic carbocycles. The predicted octanol–water partition coefficient (Wildman–Crippen LogP) is 5.53. The van der Waals surface area contributed by atoms with Gasteiger partial charge in [-0.15, -0.1) is 0 Å². The van der Waals surface area contributed by atoms with Crippen molar-refractivity contribution in [2.45, 2.75) is 45.6 Å². The lowest BCUT2D eigenvalue weighted by Gasteiger charge is -2.20. The largest absolute Gasteiger partial charge is 0.372 e. The zero-order chi connectivity index (χ0) is 14.1. The van der Waals surface area contributed by atoms with Crippen molar-refractivity contribution >= 4 is 22.6 Å². The van der Waals surface area contributed by atoms with Crippen molar-refractivity contribution < 1.29 is 9.13 Å². The second-order valence-corrected chi connectivity index (χ2v) is 5.83. The van der Waals surface area contributed by atoms with Crippen LogP contribution in [0.5, 0.6) is 0 Å². The van der Waals surface area contributed by atoms with E-state index < -0.39 is 0 Å². The molecule has 1 rings (SSSR count). The normalized spacial score (nSPS) is 14.3. The van der Waals surface area contributed by atoms with Gasteiger partial charge in [-0.2, -0.15) is 0 Å². The van der Waals surface area contributed by atoms with Gasteiger partial charge in [0, 0.05) is 4.43 Å². The molecule has 0 heterocycles. The summed E-state index contributed by atoms with van der Waals surface area (Å²) in [5.74, 6) is 0.438. The minimum Gasteiger partial charge on any atom is -0.372 e. The smallest absolute Gasteiger partial charge is 0.123 e. The van der Waals surface area contributed by atoms with E-state index >= 15 is 0 Å². The number of hydrogen-bond donors (Lipinski definition) is 0. The highest BCUT2D eigenvalue weighted by Crippen LogP contribution is 2.23. The molecule has 0 aromatic heterocycles. The Morgan fingerprint density at radius 2 is 2.11 bits per heavy atom. The fourth-order valence-corrected chi connectivity index (χ4v) is 2.85. The number of ether oxygens (including phenoxy) is 1. The van der Waals surface area contributed by atoms with Gasteiger partial charge >= 0.3 is 0 Å². The number of rotatable bonds is 9. The quantitative estimate of drug-likeness (QED) is 0.405. The van der Waals surface area contributed by atoms with E-state index in [9.17, 15) is 4.39 Å². The summed E-state index contributed by atoms with van der Waals surface area (Å²) in [6.45, 7) is 5.21. The standard InChI is InChI=1S/C16H24FIO/c1-3-5-7-13(4-2)12-19-16(11-18)14-8-6-9-15(17)10-14/h6,8-10,13,16H,3-5,7,11-12H2,1-2H3. The van der Waals surface area contributed by atoms with Crippen LogP contribution in [-0.4, -0.2) is 11.0 Å². The van der Waals surface area contributed by atoms with Gasteiger partial charge in [-0.25, -0.2) is 4.39 Å². The molecule has 0 fully saturated rings. The average molecular weight is 378 g/mol. The Morgan fingerprint density at radius 1 is 1.32 bits per heavy atom. The molecule has 0 bridgehead atoms. The van der Waals surface area contributed by atoms with Crippen LogP contribution in [0.25, 0.3) is 0 Å². The highest BCUT2D eigenvalue weighted by Gasteiger charge is 2.14. The molecule has 1 nitrogen and oxygen atoms in total. The first kappa shape index (κ1) is 16.9. The Morgan fingerprint density at radius 3 is 2.68 bits per heavy atom. The lowest BCUT2D eigenvalue weighted by molar-refractivity contribution is 0.0401. The molecule has 0 aliphatic rings. The van der Waals surface area contributed by atoms with Gasteiger partial charge in [-0.3, -0.25) is 0 Å². The molecule has 0 aliphatic heterocycles. The van der Waals surface area contributed by atoms with E-state index in [-0.39, 0.29) is 11.9 Å². The van der Waals surface area contributed by atoms with Gasteiger partial charge in [0.2, 0.25) is 0 Å². The topological polar surface area (TPSA) is 9.23 Å². The van der Waals surface area contributed by atoms with Crippen molar-refractivity contribution in [1.82, 2.24) is 0 Å². The van der Waals surface area contributed by atoms with Gasteiger partial charge in [0.15, 0.2) is 0 Å². The summed E-state index contributed by atoms with van der Waals surface area (Å²) in [6.07, 6.45) is 4.88. The molecule has 0 spiro atoms. The first-order chi connectivity index (χ1) is 9.21. The van der Waals surface area contributed by atoms with E-state index in [0.717, 1.165) is 23.0 Å². The maximum atomic E-state index is 13.2. The van der Waals surface area contributed by atoms with E-state index in [0.29, 0.717) is 5.92 Å². The van der Waals surface area contributed by atoms with Gasteiger partial charge < -0.3 is 4.74 Å². The van der Waals surface area contributed by atoms with Crippen LogP contribution >= 0.6 is 22.6 Å². The van der Waals surface area contributed by atoms with Crippen LogP contribution in [-0.2, 0) is 4.74 Å². The average Bonchev–Trinajstić information content (AvgIpc) is 2.43. The van der Waals surface area contributed by atoms with Crippen molar-refractivity contribution in [3.63, 3.8) is 0 Å². The predicted molar refractivity (Wildman–Crippen MR) is 87.3 cm³/mol. The second-order valence-electron chi connectivity index (χ2n) is 4.95.